The van der Waals surface area contributed by atoms with Crippen molar-refractivity contribution in [3.8, 4) is 0 Å². The second kappa shape index (κ2) is 8.65. The van der Waals surface area contributed by atoms with Crippen molar-refractivity contribution in [2.45, 2.75) is 13.0 Å². The molecule has 2 aromatic carbocycles. The minimum Gasteiger partial charge on any atom is -0.364 e. The Morgan fingerprint density at radius 1 is 1.04 bits per heavy atom. The predicted molar refractivity (Wildman–Crippen MR) is 118 cm³/mol. The van der Waals surface area contributed by atoms with Crippen LogP contribution in [0, 0.1) is 0 Å². The first-order valence-electron chi connectivity index (χ1n) is 9.82. The van der Waals surface area contributed by atoms with Gasteiger partial charge < -0.3 is 20.5 Å². The minimum absolute atomic E-state index is 0.755. The second-order valence-electron chi connectivity index (χ2n) is 7.00. The quantitative estimate of drug-likeness (QED) is 0.352. The first-order chi connectivity index (χ1) is 13.8. The molecule has 5 nitrogen and oxygen atoms in total. The van der Waals surface area contributed by atoms with Crippen LogP contribution >= 0.6 is 0 Å². The molecule has 0 saturated carbocycles. The van der Waals surface area contributed by atoms with Crippen molar-refractivity contribution in [2.24, 2.45) is 4.99 Å². The summed E-state index contributed by atoms with van der Waals surface area (Å²) in [6, 6.07) is 17.2. The molecule has 144 valence electrons. The van der Waals surface area contributed by atoms with E-state index in [9.17, 15) is 0 Å². The molecule has 3 aromatic rings. The molecule has 0 fully saturated rings. The summed E-state index contributed by atoms with van der Waals surface area (Å²) < 4.78 is 0. The fourth-order valence-electron chi connectivity index (χ4n) is 3.57. The molecule has 0 atom stereocenters. The molecule has 4 rings (SSSR count). The molecule has 0 unspecified atom stereocenters. The van der Waals surface area contributed by atoms with Gasteiger partial charge in [0, 0.05) is 56.0 Å². The average molecular weight is 374 g/mol. The molecule has 0 amide bonds. The Kier molecular flexibility index (Phi) is 5.61. The van der Waals surface area contributed by atoms with E-state index in [4.69, 9.17) is 0 Å². The van der Waals surface area contributed by atoms with Crippen LogP contribution < -0.4 is 15.5 Å². The van der Waals surface area contributed by atoms with Crippen LogP contribution in [0.15, 0.2) is 71.9 Å². The van der Waals surface area contributed by atoms with Crippen LogP contribution in [-0.2, 0) is 13.0 Å². The van der Waals surface area contributed by atoms with E-state index >= 15 is 0 Å². The van der Waals surface area contributed by atoms with E-state index in [1.807, 2.05) is 7.05 Å². The van der Waals surface area contributed by atoms with E-state index in [2.05, 4.69) is 92.4 Å². The van der Waals surface area contributed by atoms with Crippen molar-refractivity contribution in [1.82, 2.24) is 15.6 Å². The Balaban J connectivity index is 1.25. The van der Waals surface area contributed by atoms with E-state index in [-0.39, 0.29) is 0 Å². The highest BCUT2D eigenvalue weighted by Gasteiger charge is 2.07. The molecule has 0 aliphatic carbocycles. The molecule has 28 heavy (non-hydrogen) atoms. The number of aromatic nitrogens is 1. The SMILES string of the molecule is CN=C(NCCc1c[nH]c2ccccc12)NCc1ccc(N2CC=CC2)cc1. The third-order valence-electron chi connectivity index (χ3n) is 5.17. The number of anilines is 1. The number of hydrogen-bond donors (Lipinski definition) is 3. The first kappa shape index (κ1) is 18.2. The van der Waals surface area contributed by atoms with Gasteiger partial charge >= 0.3 is 0 Å². The summed E-state index contributed by atoms with van der Waals surface area (Å²) in [6.45, 7) is 3.60. The second-order valence-corrected chi connectivity index (χ2v) is 7.00. The number of benzene rings is 2. The van der Waals surface area contributed by atoms with E-state index < -0.39 is 0 Å². The largest absolute Gasteiger partial charge is 0.364 e. The number of aliphatic imine (C=N–C) groups is 1. The lowest BCUT2D eigenvalue weighted by Crippen LogP contribution is -2.37. The van der Waals surface area contributed by atoms with Crippen LogP contribution in [-0.4, -0.2) is 37.6 Å². The maximum atomic E-state index is 4.33. The number of H-pyrrole nitrogens is 1. The van der Waals surface area contributed by atoms with Gasteiger partial charge in [-0.05, 0) is 35.7 Å². The molecule has 0 spiro atoms. The molecule has 1 aliphatic heterocycles. The number of para-hydroxylation sites is 1. The summed E-state index contributed by atoms with van der Waals surface area (Å²) in [5.74, 6) is 0.827. The molecule has 0 bridgehead atoms. The standard InChI is InChI=1S/C23H27N5/c1-24-23(25-13-12-19-17-26-22-7-3-2-6-21(19)22)27-16-18-8-10-20(11-9-18)28-14-4-5-15-28/h2-11,17,26H,12-16H2,1H3,(H2,24,25,27). The van der Waals surface area contributed by atoms with Crippen molar-refractivity contribution in [2.75, 3.05) is 31.6 Å². The lowest BCUT2D eigenvalue weighted by molar-refractivity contribution is 0.796. The summed E-state index contributed by atoms with van der Waals surface area (Å²) in [5, 5.41) is 8.10. The van der Waals surface area contributed by atoms with Gasteiger partial charge in [-0.2, -0.15) is 0 Å². The Morgan fingerprint density at radius 2 is 1.82 bits per heavy atom. The van der Waals surface area contributed by atoms with E-state index in [1.54, 1.807) is 0 Å². The predicted octanol–water partition coefficient (Wildman–Crippen LogP) is 3.45. The third kappa shape index (κ3) is 4.19. The van der Waals surface area contributed by atoms with Gasteiger partial charge in [-0.25, -0.2) is 0 Å². The fraction of sp³-hybridized carbons (Fsp3) is 0.261. The molecule has 0 radical (unpaired) electrons. The van der Waals surface area contributed by atoms with Crippen molar-refractivity contribution in [1.29, 1.82) is 0 Å². The zero-order chi connectivity index (χ0) is 19.2. The number of nitrogens with one attached hydrogen (secondary N) is 3. The van der Waals surface area contributed by atoms with Crippen LogP contribution in [0.3, 0.4) is 0 Å². The third-order valence-corrected chi connectivity index (χ3v) is 5.17. The normalized spacial score (nSPS) is 14.0. The van der Waals surface area contributed by atoms with Gasteiger partial charge in [0.2, 0.25) is 0 Å². The Labute approximate surface area is 166 Å². The van der Waals surface area contributed by atoms with Crippen molar-refractivity contribution in [3.63, 3.8) is 0 Å². The molecule has 1 aromatic heterocycles. The van der Waals surface area contributed by atoms with Crippen molar-refractivity contribution >= 4 is 22.5 Å². The van der Waals surface area contributed by atoms with E-state index in [1.165, 1.54) is 27.7 Å². The lowest BCUT2D eigenvalue weighted by Gasteiger charge is -2.18. The van der Waals surface area contributed by atoms with Gasteiger partial charge in [-0.1, -0.05) is 42.5 Å². The highest BCUT2D eigenvalue weighted by atomic mass is 15.2. The zero-order valence-electron chi connectivity index (χ0n) is 16.3. The van der Waals surface area contributed by atoms with Crippen LogP contribution in [0.25, 0.3) is 10.9 Å². The molecular weight excluding hydrogens is 346 g/mol. The summed E-state index contributed by atoms with van der Waals surface area (Å²) in [4.78, 5) is 10.0. The summed E-state index contributed by atoms with van der Waals surface area (Å²) in [7, 11) is 1.81. The molecule has 3 N–H and O–H groups in total. The van der Waals surface area contributed by atoms with Crippen LogP contribution in [0.1, 0.15) is 11.1 Å². The van der Waals surface area contributed by atoms with Crippen molar-refractivity contribution in [3.05, 3.63) is 78.0 Å². The van der Waals surface area contributed by atoms with Crippen LogP contribution in [0.4, 0.5) is 5.69 Å². The maximum Gasteiger partial charge on any atom is 0.191 e. The summed E-state index contributed by atoms with van der Waals surface area (Å²) in [5.41, 5.74) is 5.03. The number of hydrogen-bond acceptors (Lipinski definition) is 2. The van der Waals surface area contributed by atoms with Gasteiger partial charge in [-0.15, -0.1) is 0 Å². The van der Waals surface area contributed by atoms with Gasteiger partial charge in [0.25, 0.3) is 0 Å². The Hall–Kier alpha value is -3.21. The number of rotatable bonds is 6. The molecule has 0 saturated heterocycles. The average Bonchev–Trinajstić information content (AvgIpc) is 3.41. The molecule has 1 aliphatic rings. The Bertz CT molecular complexity index is 960. The highest BCUT2D eigenvalue weighted by molar-refractivity contribution is 5.83. The number of fused-ring (bicyclic) bond motifs is 1. The van der Waals surface area contributed by atoms with Crippen molar-refractivity contribution < 1.29 is 0 Å². The topological polar surface area (TPSA) is 55.5 Å². The number of guanidine groups is 1. The maximum absolute atomic E-state index is 4.33. The monoisotopic (exact) mass is 373 g/mol. The molecule has 2 heterocycles. The fourth-order valence-corrected chi connectivity index (χ4v) is 3.57. The first-order valence-corrected chi connectivity index (χ1v) is 9.82. The van der Waals surface area contributed by atoms with E-state index in [0.29, 0.717) is 0 Å². The minimum atomic E-state index is 0.755. The zero-order valence-corrected chi connectivity index (χ0v) is 16.3. The van der Waals surface area contributed by atoms with Gasteiger partial charge in [-0.3, -0.25) is 4.99 Å². The Morgan fingerprint density at radius 3 is 2.61 bits per heavy atom. The molecular formula is C23H27N5. The lowest BCUT2D eigenvalue weighted by atomic mass is 10.1. The van der Waals surface area contributed by atoms with E-state index in [0.717, 1.165) is 38.6 Å². The number of nitrogens with zero attached hydrogens (tertiary/aromatic N) is 2. The van der Waals surface area contributed by atoms with Gasteiger partial charge in [0.05, 0.1) is 0 Å². The summed E-state index contributed by atoms with van der Waals surface area (Å²) in [6.07, 6.45) is 7.46. The van der Waals surface area contributed by atoms with Gasteiger partial charge in [0.1, 0.15) is 0 Å². The number of aromatic amines is 1. The smallest absolute Gasteiger partial charge is 0.191 e. The molecule has 5 heteroatoms. The highest BCUT2D eigenvalue weighted by Crippen LogP contribution is 2.18. The van der Waals surface area contributed by atoms with Gasteiger partial charge in [0.15, 0.2) is 5.96 Å². The van der Waals surface area contributed by atoms with Crippen LogP contribution in [0.5, 0.6) is 0 Å². The van der Waals surface area contributed by atoms with Crippen LogP contribution in [0.2, 0.25) is 0 Å². The summed E-state index contributed by atoms with van der Waals surface area (Å²) >= 11 is 0.